The van der Waals surface area contributed by atoms with E-state index >= 15 is 0 Å². The van der Waals surface area contributed by atoms with Crippen molar-refractivity contribution in [1.82, 2.24) is 4.98 Å². The van der Waals surface area contributed by atoms with Crippen molar-refractivity contribution in [3.63, 3.8) is 0 Å². The molecule has 15 heavy (non-hydrogen) atoms. The van der Waals surface area contributed by atoms with Gasteiger partial charge in [0.1, 0.15) is 6.29 Å². The first-order valence-electron chi connectivity index (χ1n) is 4.39. The van der Waals surface area contributed by atoms with Crippen LogP contribution in [-0.2, 0) is 0 Å². The summed E-state index contributed by atoms with van der Waals surface area (Å²) in [5.74, 6) is 0. The van der Waals surface area contributed by atoms with E-state index in [2.05, 4.69) is 4.98 Å². The van der Waals surface area contributed by atoms with E-state index in [4.69, 9.17) is 4.74 Å². The third kappa shape index (κ3) is 2.05. The lowest BCUT2D eigenvalue weighted by molar-refractivity contribution is 0.112. The van der Waals surface area contributed by atoms with Crippen LogP contribution in [0.5, 0.6) is 5.19 Å². The van der Waals surface area contributed by atoms with Crippen LogP contribution in [0.1, 0.15) is 10.4 Å². The van der Waals surface area contributed by atoms with Crippen LogP contribution in [0.2, 0.25) is 0 Å². The highest BCUT2D eigenvalue weighted by Gasteiger charge is 2.03. The number of methoxy groups -OCH3 is 1. The summed E-state index contributed by atoms with van der Waals surface area (Å²) < 4.78 is 5.01. The summed E-state index contributed by atoms with van der Waals surface area (Å²) in [6, 6.07) is 7.37. The van der Waals surface area contributed by atoms with Crippen LogP contribution in [0.25, 0.3) is 10.4 Å². The fraction of sp³-hybridized carbons (Fsp3) is 0.0909. The lowest BCUT2D eigenvalue weighted by Gasteiger charge is -1.95. The van der Waals surface area contributed by atoms with Gasteiger partial charge in [-0.25, -0.2) is 4.98 Å². The van der Waals surface area contributed by atoms with Crippen LogP contribution in [0, 0.1) is 0 Å². The average molecular weight is 219 g/mol. The maximum Gasteiger partial charge on any atom is 0.273 e. The molecule has 0 N–H and O–H groups in total. The Bertz CT molecular complexity index is 462. The smallest absolute Gasteiger partial charge is 0.273 e. The zero-order valence-electron chi connectivity index (χ0n) is 8.14. The van der Waals surface area contributed by atoms with Crippen molar-refractivity contribution in [3.8, 4) is 15.6 Å². The lowest BCUT2D eigenvalue weighted by atomic mass is 10.1. The zero-order valence-corrected chi connectivity index (χ0v) is 8.95. The Labute approximate surface area is 91.4 Å². The molecule has 0 aliphatic rings. The van der Waals surface area contributed by atoms with Gasteiger partial charge in [0, 0.05) is 11.8 Å². The van der Waals surface area contributed by atoms with E-state index in [0.717, 1.165) is 16.7 Å². The first kappa shape index (κ1) is 9.86. The quantitative estimate of drug-likeness (QED) is 0.745. The summed E-state index contributed by atoms with van der Waals surface area (Å²) >= 11 is 1.48. The van der Waals surface area contributed by atoms with Crippen LogP contribution in [0.3, 0.4) is 0 Å². The summed E-state index contributed by atoms with van der Waals surface area (Å²) in [5, 5.41) is 0.643. The molecule has 0 atom stereocenters. The number of thiazole rings is 1. The van der Waals surface area contributed by atoms with Crippen molar-refractivity contribution in [2.24, 2.45) is 0 Å². The number of benzene rings is 1. The minimum Gasteiger partial charge on any atom is -0.473 e. The van der Waals surface area contributed by atoms with E-state index in [0.29, 0.717) is 10.8 Å². The van der Waals surface area contributed by atoms with E-state index in [9.17, 15) is 4.79 Å². The predicted molar refractivity (Wildman–Crippen MR) is 59.5 cm³/mol. The Balaban J connectivity index is 2.32. The van der Waals surface area contributed by atoms with Crippen LogP contribution < -0.4 is 4.74 Å². The summed E-state index contributed by atoms with van der Waals surface area (Å²) in [6.07, 6.45) is 2.59. The largest absolute Gasteiger partial charge is 0.473 e. The lowest BCUT2D eigenvalue weighted by Crippen LogP contribution is -1.78. The molecule has 0 unspecified atom stereocenters. The summed E-state index contributed by atoms with van der Waals surface area (Å²) in [4.78, 5) is 15.6. The maximum absolute atomic E-state index is 10.5. The molecule has 0 spiro atoms. The number of carbonyl (C=O) groups excluding carboxylic acids is 1. The Morgan fingerprint density at radius 2 is 2.07 bits per heavy atom. The molecule has 0 aliphatic carbocycles. The molecule has 4 heteroatoms. The molecule has 3 nitrogen and oxygen atoms in total. The number of ether oxygens (including phenoxy) is 1. The summed E-state index contributed by atoms with van der Waals surface area (Å²) in [6.45, 7) is 0. The first-order chi connectivity index (χ1) is 7.33. The highest BCUT2D eigenvalue weighted by atomic mass is 32.1. The SMILES string of the molecule is COc1ncc(-c2ccc(C=O)cc2)s1. The Hall–Kier alpha value is -1.68. The fourth-order valence-electron chi connectivity index (χ4n) is 1.21. The maximum atomic E-state index is 10.5. The number of aromatic nitrogens is 1. The van der Waals surface area contributed by atoms with Gasteiger partial charge >= 0.3 is 0 Å². The predicted octanol–water partition coefficient (Wildman–Crippen LogP) is 2.63. The molecule has 0 saturated heterocycles. The Morgan fingerprint density at radius 1 is 1.33 bits per heavy atom. The van der Waals surface area contributed by atoms with E-state index in [1.54, 1.807) is 25.4 Å². The van der Waals surface area contributed by atoms with Gasteiger partial charge in [0.2, 0.25) is 0 Å². The van der Waals surface area contributed by atoms with Gasteiger partial charge in [0.25, 0.3) is 5.19 Å². The highest BCUT2D eigenvalue weighted by Crippen LogP contribution is 2.29. The molecule has 1 heterocycles. The normalized spacial score (nSPS) is 9.93. The number of hydrogen-bond donors (Lipinski definition) is 0. The van der Waals surface area contributed by atoms with Crippen molar-refractivity contribution >= 4 is 17.6 Å². The minimum absolute atomic E-state index is 0.643. The van der Waals surface area contributed by atoms with E-state index in [1.807, 2.05) is 12.1 Å². The molecule has 0 aliphatic heterocycles. The third-order valence-electron chi connectivity index (χ3n) is 1.99. The third-order valence-corrected chi connectivity index (χ3v) is 3.00. The van der Waals surface area contributed by atoms with Crippen molar-refractivity contribution in [2.45, 2.75) is 0 Å². The molecule has 0 bridgehead atoms. The second-order valence-electron chi connectivity index (χ2n) is 2.93. The van der Waals surface area contributed by atoms with Crippen LogP contribution in [-0.4, -0.2) is 18.4 Å². The second-order valence-corrected chi connectivity index (χ2v) is 3.93. The van der Waals surface area contributed by atoms with Gasteiger partial charge in [-0.15, -0.1) is 0 Å². The number of carbonyl (C=O) groups is 1. The Morgan fingerprint density at radius 3 is 2.60 bits per heavy atom. The number of rotatable bonds is 3. The van der Waals surface area contributed by atoms with Gasteiger partial charge in [0.05, 0.1) is 12.0 Å². The van der Waals surface area contributed by atoms with Gasteiger partial charge in [-0.05, 0) is 5.56 Å². The number of hydrogen-bond acceptors (Lipinski definition) is 4. The molecule has 0 amide bonds. The average Bonchev–Trinajstić information content (AvgIpc) is 2.78. The van der Waals surface area contributed by atoms with Crippen molar-refractivity contribution in [3.05, 3.63) is 36.0 Å². The summed E-state index contributed by atoms with van der Waals surface area (Å²) in [7, 11) is 1.60. The van der Waals surface area contributed by atoms with Crippen molar-refractivity contribution < 1.29 is 9.53 Å². The topological polar surface area (TPSA) is 39.2 Å². The van der Waals surface area contributed by atoms with Crippen molar-refractivity contribution in [1.29, 1.82) is 0 Å². The molecular weight excluding hydrogens is 210 g/mol. The van der Waals surface area contributed by atoms with Gasteiger partial charge in [0.15, 0.2) is 0 Å². The zero-order chi connectivity index (χ0) is 10.7. The molecule has 1 aromatic heterocycles. The molecule has 0 radical (unpaired) electrons. The Kier molecular flexibility index (Phi) is 2.78. The molecular formula is C11H9NO2S. The van der Waals surface area contributed by atoms with E-state index in [1.165, 1.54) is 11.3 Å². The van der Waals surface area contributed by atoms with Gasteiger partial charge in [-0.1, -0.05) is 35.6 Å². The first-order valence-corrected chi connectivity index (χ1v) is 5.20. The monoisotopic (exact) mass is 219 g/mol. The van der Waals surface area contributed by atoms with E-state index in [-0.39, 0.29) is 0 Å². The van der Waals surface area contributed by atoms with Gasteiger partial charge in [-0.2, -0.15) is 0 Å². The molecule has 1 aromatic carbocycles. The number of aldehydes is 1. The molecule has 0 fully saturated rings. The van der Waals surface area contributed by atoms with E-state index < -0.39 is 0 Å². The second kappa shape index (κ2) is 4.23. The van der Waals surface area contributed by atoms with Crippen molar-refractivity contribution in [2.75, 3.05) is 7.11 Å². The highest BCUT2D eigenvalue weighted by molar-refractivity contribution is 7.16. The molecule has 2 aromatic rings. The van der Waals surface area contributed by atoms with Crippen LogP contribution in [0.4, 0.5) is 0 Å². The number of nitrogens with zero attached hydrogens (tertiary/aromatic N) is 1. The molecule has 0 saturated carbocycles. The fourth-order valence-corrected chi connectivity index (χ4v) is 1.95. The van der Waals surface area contributed by atoms with Crippen LogP contribution in [0.15, 0.2) is 30.5 Å². The minimum atomic E-state index is 0.643. The summed E-state index contributed by atoms with van der Waals surface area (Å²) in [5.41, 5.74) is 1.72. The molecule has 2 rings (SSSR count). The molecule has 76 valence electrons. The van der Waals surface area contributed by atoms with Gasteiger partial charge < -0.3 is 4.74 Å². The van der Waals surface area contributed by atoms with Crippen LogP contribution >= 0.6 is 11.3 Å². The standard InChI is InChI=1S/C11H9NO2S/c1-14-11-12-6-10(15-11)9-4-2-8(7-13)3-5-9/h2-7H,1H3. The van der Waals surface area contributed by atoms with Gasteiger partial charge in [-0.3, -0.25) is 4.79 Å².